The molecule has 29 heavy (non-hydrogen) atoms. The number of benzene rings is 2. The first-order valence-electron chi connectivity index (χ1n) is 10.1. The molecule has 2 N–H and O–H groups in total. The predicted octanol–water partition coefficient (Wildman–Crippen LogP) is 4.79. The Morgan fingerprint density at radius 1 is 1.14 bits per heavy atom. The van der Waals surface area contributed by atoms with Crippen LogP contribution in [0.15, 0.2) is 46.9 Å². The minimum atomic E-state index is -0.439. The van der Waals surface area contributed by atoms with Crippen molar-refractivity contribution in [2.24, 2.45) is 5.92 Å². The molecule has 0 radical (unpaired) electrons. The molecule has 1 fully saturated rings. The number of fused-ring (bicyclic) bond motifs is 4. The summed E-state index contributed by atoms with van der Waals surface area (Å²) in [6.07, 6.45) is 1.80. The topological polar surface area (TPSA) is 79.9 Å². The lowest BCUT2D eigenvalue weighted by Crippen LogP contribution is -2.47. The Bertz CT molecular complexity index is 1080. The summed E-state index contributed by atoms with van der Waals surface area (Å²) in [4.78, 5) is 13.0. The number of hydrogen-bond acceptors (Lipinski definition) is 5. The van der Waals surface area contributed by atoms with E-state index in [0.717, 1.165) is 18.2 Å². The number of aliphatic hydroxyl groups excluding tert-OH is 1. The second kappa shape index (κ2) is 6.36. The molecule has 1 aromatic heterocycles. The average molecular weight is 392 g/mol. The number of phenolic OH excluding ortho intramolecular Hbond substituents is 1. The quantitative estimate of drug-likeness (QED) is 0.613. The van der Waals surface area contributed by atoms with Crippen molar-refractivity contribution in [3.63, 3.8) is 0 Å². The van der Waals surface area contributed by atoms with E-state index in [-0.39, 0.29) is 35.2 Å². The Balaban J connectivity index is 1.57. The Hall–Kier alpha value is -2.79. The fraction of sp³-hybridized carbons (Fsp3) is 0.375. The molecule has 0 bridgehead atoms. The van der Waals surface area contributed by atoms with Crippen LogP contribution in [0.25, 0.3) is 11.0 Å². The molecular formula is C24H24O5. The van der Waals surface area contributed by atoms with Crippen LogP contribution in [-0.4, -0.2) is 27.7 Å². The number of para-hydroxylation sites is 1. The molecule has 150 valence electrons. The smallest absolute Gasteiger partial charge is 0.228 e. The molecule has 3 atom stereocenters. The fourth-order valence-corrected chi connectivity index (χ4v) is 5.09. The normalized spacial score (nSPS) is 25.1. The van der Waals surface area contributed by atoms with E-state index < -0.39 is 5.60 Å². The maximum absolute atomic E-state index is 13.0. The summed E-state index contributed by atoms with van der Waals surface area (Å²) in [5.41, 5.74) is 1.24. The molecule has 1 aliphatic carbocycles. The first-order chi connectivity index (χ1) is 13.8. The van der Waals surface area contributed by atoms with Gasteiger partial charge in [-0.15, -0.1) is 0 Å². The van der Waals surface area contributed by atoms with Crippen molar-refractivity contribution >= 4 is 16.8 Å². The van der Waals surface area contributed by atoms with Gasteiger partial charge in [0.25, 0.3) is 0 Å². The lowest BCUT2D eigenvalue weighted by atomic mass is 9.66. The van der Waals surface area contributed by atoms with Gasteiger partial charge in [0.05, 0.1) is 6.10 Å². The Morgan fingerprint density at radius 3 is 2.72 bits per heavy atom. The van der Waals surface area contributed by atoms with Crippen molar-refractivity contribution in [2.75, 3.05) is 0 Å². The van der Waals surface area contributed by atoms with Crippen LogP contribution >= 0.6 is 0 Å². The average Bonchev–Trinajstić information content (AvgIpc) is 3.10. The van der Waals surface area contributed by atoms with E-state index in [4.69, 9.17) is 9.15 Å². The molecule has 2 heterocycles. The Morgan fingerprint density at radius 2 is 1.93 bits per heavy atom. The Labute approximate surface area is 168 Å². The zero-order valence-electron chi connectivity index (χ0n) is 16.5. The van der Waals surface area contributed by atoms with Crippen LogP contribution in [0.5, 0.6) is 11.5 Å². The summed E-state index contributed by atoms with van der Waals surface area (Å²) >= 11 is 0. The van der Waals surface area contributed by atoms with Gasteiger partial charge in [-0.1, -0.05) is 18.2 Å². The monoisotopic (exact) mass is 392 g/mol. The second-order valence-corrected chi connectivity index (χ2v) is 8.77. The second-order valence-electron chi connectivity index (χ2n) is 8.77. The number of aliphatic hydroxyl groups is 1. The van der Waals surface area contributed by atoms with Crippen molar-refractivity contribution in [2.45, 2.75) is 50.7 Å². The molecule has 5 heteroatoms. The standard InChI is InChI=1S/C24H24O5/c1-24(2)17-8-7-15(25)12-16(17)22-18(26)9-14(11-20(22)29-24)23(27)21-10-13-5-3-4-6-19(13)28-21/h3-6,9-11,15-17,25-26H,7-8,12H2,1-2H3/t15-,16-,17-/m1/s1. The summed E-state index contributed by atoms with van der Waals surface area (Å²) < 4.78 is 12.0. The third-order valence-corrected chi connectivity index (χ3v) is 6.49. The first kappa shape index (κ1) is 18.3. The maximum Gasteiger partial charge on any atom is 0.228 e. The highest BCUT2D eigenvalue weighted by atomic mass is 16.5. The largest absolute Gasteiger partial charge is 0.507 e. The third-order valence-electron chi connectivity index (χ3n) is 6.49. The predicted molar refractivity (Wildman–Crippen MR) is 109 cm³/mol. The van der Waals surface area contributed by atoms with Gasteiger partial charge >= 0.3 is 0 Å². The van der Waals surface area contributed by atoms with E-state index in [9.17, 15) is 15.0 Å². The van der Waals surface area contributed by atoms with Gasteiger partial charge in [-0.2, -0.15) is 0 Å². The number of ketones is 1. The summed E-state index contributed by atoms with van der Waals surface area (Å²) in [5, 5.41) is 21.9. The van der Waals surface area contributed by atoms with E-state index in [1.54, 1.807) is 12.1 Å². The number of aromatic hydroxyl groups is 1. The molecule has 5 rings (SSSR count). The molecule has 3 aromatic rings. The maximum atomic E-state index is 13.0. The van der Waals surface area contributed by atoms with Gasteiger partial charge in [-0.3, -0.25) is 4.79 Å². The zero-order chi connectivity index (χ0) is 20.3. The van der Waals surface area contributed by atoms with Gasteiger partial charge < -0.3 is 19.4 Å². The van der Waals surface area contributed by atoms with Crippen molar-refractivity contribution < 1.29 is 24.2 Å². The summed E-state index contributed by atoms with van der Waals surface area (Å²) in [6, 6.07) is 12.4. The van der Waals surface area contributed by atoms with Crippen molar-refractivity contribution in [1.82, 2.24) is 0 Å². The molecule has 5 nitrogen and oxygen atoms in total. The van der Waals surface area contributed by atoms with Gasteiger partial charge in [0, 0.05) is 28.3 Å². The summed E-state index contributed by atoms with van der Waals surface area (Å²) in [6.45, 7) is 4.08. The van der Waals surface area contributed by atoms with E-state index >= 15 is 0 Å². The molecular weight excluding hydrogens is 368 g/mol. The van der Waals surface area contributed by atoms with Gasteiger partial charge in [0.1, 0.15) is 22.7 Å². The van der Waals surface area contributed by atoms with Crippen molar-refractivity contribution in [1.29, 1.82) is 0 Å². The van der Waals surface area contributed by atoms with Crippen molar-refractivity contribution in [3.05, 3.63) is 59.4 Å². The number of carbonyl (C=O) groups excluding carboxylic acids is 1. The van der Waals surface area contributed by atoms with Gasteiger partial charge in [0.2, 0.25) is 5.78 Å². The van der Waals surface area contributed by atoms with E-state index in [2.05, 4.69) is 0 Å². The number of phenols is 1. The molecule has 2 aliphatic rings. The van der Waals surface area contributed by atoms with Crippen molar-refractivity contribution in [3.8, 4) is 11.5 Å². The summed E-state index contributed by atoms with van der Waals surface area (Å²) in [7, 11) is 0. The number of rotatable bonds is 2. The lowest BCUT2D eigenvalue weighted by Gasteiger charge is -2.48. The van der Waals surface area contributed by atoms with Crippen LogP contribution in [0.1, 0.15) is 60.7 Å². The van der Waals surface area contributed by atoms with Crippen LogP contribution in [0, 0.1) is 5.92 Å². The molecule has 0 amide bonds. The highest BCUT2D eigenvalue weighted by Crippen LogP contribution is 2.54. The minimum absolute atomic E-state index is 0.00727. The highest BCUT2D eigenvalue weighted by Gasteiger charge is 2.47. The summed E-state index contributed by atoms with van der Waals surface area (Å²) in [5.74, 6) is 0.707. The Kier molecular flexibility index (Phi) is 4.00. The van der Waals surface area contributed by atoms with Crippen LogP contribution < -0.4 is 4.74 Å². The molecule has 2 aromatic carbocycles. The number of ether oxygens (including phenoxy) is 1. The lowest BCUT2D eigenvalue weighted by molar-refractivity contribution is -0.0317. The van der Waals surface area contributed by atoms with Gasteiger partial charge in [-0.05, 0) is 57.4 Å². The SMILES string of the molecule is CC1(C)Oc2cc(C(=O)c3cc4ccccc4o3)cc(O)c2[C@@H]2C[C@H](O)CC[C@H]21. The van der Waals surface area contributed by atoms with E-state index in [1.807, 2.05) is 38.1 Å². The zero-order valence-corrected chi connectivity index (χ0v) is 16.5. The van der Waals surface area contributed by atoms with E-state index in [0.29, 0.717) is 28.9 Å². The molecule has 0 unspecified atom stereocenters. The van der Waals surface area contributed by atoms with Crippen LogP contribution in [0.3, 0.4) is 0 Å². The third kappa shape index (κ3) is 2.92. The number of hydrogen-bond donors (Lipinski definition) is 2. The fourth-order valence-electron chi connectivity index (χ4n) is 5.09. The number of furan rings is 1. The van der Waals surface area contributed by atoms with Crippen LogP contribution in [-0.2, 0) is 0 Å². The van der Waals surface area contributed by atoms with E-state index in [1.165, 1.54) is 6.07 Å². The van der Waals surface area contributed by atoms with Gasteiger partial charge in [0.15, 0.2) is 5.76 Å². The molecule has 1 saturated carbocycles. The van der Waals surface area contributed by atoms with Gasteiger partial charge in [-0.25, -0.2) is 0 Å². The minimum Gasteiger partial charge on any atom is -0.507 e. The molecule has 1 aliphatic heterocycles. The molecule has 0 spiro atoms. The van der Waals surface area contributed by atoms with Crippen LogP contribution in [0.2, 0.25) is 0 Å². The highest BCUT2D eigenvalue weighted by molar-refractivity contribution is 6.09. The van der Waals surface area contributed by atoms with Crippen LogP contribution in [0.4, 0.5) is 0 Å². The first-order valence-corrected chi connectivity index (χ1v) is 10.1. The number of carbonyl (C=O) groups is 1. The molecule has 0 saturated heterocycles.